The second-order valence-electron chi connectivity index (χ2n) is 14.1. The summed E-state index contributed by atoms with van der Waals surface area (Å²) >= 11 is 0. The molecule has 40 heavy (non-hydrogen) atoms. The van der Waals surface area contributed by atoms with Crippen molar-refractivity contribution < 1.29 is 38.1 Å². The van der Waals surface area contributed by atoms with E-state index in [1.807, 2.05) is 19.9 Å². The predicted molar refractivity (Wildman–Crippen MR) is 145 cm³/mol. The van der Waals surface area contributed by atoms with Crippen LogP contribution in [0.5, 0.6) is 0 Å². The molecule has 0 aromatic carbocycles. The standard InChI is InChI=1S/C32H44O8/c1-16(2)10-25(35)40-23-13-22(33)30(4)15-38-27-28(30)31(23,5)21(12-24(34)36-7)32(6)26-17(3)19(18-8-9-37-14-18)11-20(26)39-29(27)32/h8-9,14,16,19-23,27-29,33H,10-13,15H2,1-7H3/t19-,20-,21-,22-,23+,27-,28+,29-,30-,31+,32-/m1/s1. The van der Waals surface area contributed by atoms with Gasteiger partial charge in [-0.1, -0.05) is 40.2 Å². The summed E-state index contributed by atoms with van der Waals surface area (Å²) in [6.45, 7) is 13.0. The summed E-state index contributed by atoms with van der Waals surface area (Å²) in [4.78, 5) is 26.3. The van der Waals surface area contributed by atoms with E-state index in [4.69, 9.17) is 23.4 Å². The number of aliphatic hydroxyl groups is 1. The molecule has 8 nitrogen and oxygen atoms in total. The maximum atomic E-state index is 13.2. The van der Waals surface area contributed by atoms with Crippen LogP contribution in [0.4, 0.5) is 0 Å². The highest BCUT2D eigenvalue weighted by molar-refractivity contribution is 5.71. The van der Waals surface area contributed by atoms with Crippen LogP contribution < -0.4 is 0 Å². The maximum absolute atomic E-state index is 13.2. The molecule has 11 atom stereocenters. The lowest BCUT2D eigenvalue weighted by Crippen LogP contribution is -2.70. The van der Waals surface area contributed by atoms with E-state index in [0.29, 0.717) is 19.4 Å². The van der Waals surface area contributed by atoms with Crippen molar-refractivity contribution in [3.63, 3.8) is 0 Å². The van der Waals surface area contributed by atoms with Crippen LogP contribution in [-0.4, -0.2) is 61.3 Å². The highest BCUT2D eigenvalue weighted by atomic mass is 16.6. The van der Waals surface area contributed by atoms with Crippen molar-refractivity contribution in [2.45, 2.75) is 104 Å². The van der Waals surface area contributed by atoms with Gasteiger partial charge < -0.3 is 28.5 Å². The van der Waals surface area contributed by atoms with Gasteiger partial charge in [-0.3, -0.25) is 9.59 Å². The Balaban J connectivity index is 1.52. The van der Waals surface area contributed by atoms with E-state index in [9.17, 15) is 14.7 Å². The van der Waals surface area contributed by atoms with Gasteiger partial charge in [-0.05, 0) is 42.4 Å². The molecule has 0 radical (unpaired) electrons. The summed E-state index contributed by atoms with van der Waals surface area (Å²) in [5.41, 5.74) is 1.82. The van der Waals surface area contributed by atoms with Gasteiger partial charge in [0.15, 0.2) is 0 Å². The minimum absolute atomic E-state index is 0.110. The molecule has 4 fully saturated rings. The van der Waals surface area contributed by atoms with Crippen LogP contribution in [-0.2, 0) is 28.5 Å². The van der Waals surface area contributed by atoms with E-state index in [1.165, 1.54) is 18.3 Å². The fourth-order valence-electron chi connectivity index (χ4n) is 9.86. The number of fused-ring (bicyclic) bond motifs is 4. The molecule has 1 N–H and O–H groups in total. The van der Waals surface area contributed by atoms with Gasteiger partial charge in [-0.25, -0.2) is 0 Å². The summed E-state index contributed by atoms with van der Waals surface area (Å²) in [6.07, 6.45) is 3.10. The first kappa shape index (κ1) is 28.0. The first-order valence-electron chi connectivity index (χ1n) is 14.8. The second-order valence-corrected chi connectivity index (χ2v) is 14.1. The van der Waals surface area contributed by atoms with Crippen LogP contribution in [0.15, 0.2) is 34.2 Å². The van der Waals surface area contributed by atoms with Gasteiger partial charge in [0.05, 0.1) is 50.7 Å². The number of methoxy groups -OCH3 is 1. The topological polar surface area (TPSA) is 104 Å². The van der Waals surface area contributed by atoms with Crippen molar-refractivity contribution in [2.24, 2.45) is 34.0 Å². The molecule has 2 saturated carbocycles. The van der Waals surface area contributed by atoms with Crippen LogP contribution in [0.25, 0.3) is 0 Å². The van der Waals surface area contributed by atoms with Gasteiger partial charge >= 0.3 is 11.9 Å². The molecule has 1 aromatic rings. The van der Waals surface area contributed by atoms with Gasteiger partial charge in [-0.15, -0.1) is 0 Å². The Labute approximate surface area is 236 Å². The molecule has 0 unspecified atom stereocenters. The third-order valence-corrected chi connectivity index (χ3v) is 11.6. The number of rotatable bonds is 6. The lowest BCUT2D eigenvalue weighted by atomic mass is 9.40. The van der Waals surface area contributed by atoms with Crippen molar-refractivity contribution >= 4 is 11.9 Å². The van der Waals surface area contributed by atoms with Crippen molar-refractivity contribution in [3.8, 4) is 0 Å². The number of esters is 2. The lowest BCUT2D eigenvalue weighted by molar-refractivity contribution is -0.249. The SMILES string of the molecule is COC(=O)C[C@H]1[C@]2(C)C3=C(C)[C@H](c4ccoc4)C[C@H]3O[C@@H]2[C@@H]2OC[C@]3(C)[C@H](O)C[C@H](OC(=O)CC(C)C)[C@@]1(C)[C@@H]23. The van der Waals surface area contributed by atoms with Crippen molar-refractivity contribution in [1.82, 2.24) is 0 Å². The van der Waals surface area contributed by atoms with E-state index in [0.717, 1.165) is 12.0 Å². The Kier molecular flexibility index (Phi) is 6.60. The minimum atomic E-state index is -0.706. The van der Waals surface area contributed by atoms with Crippen LogP contribution in [0.3, 0.4) is 0 Å². The zero-order valence-electron chi connectivity index (χ0n) is 24.8. The molecule has 0 amide bonds. The molecule has 0 spiro atoms. The predicted octanol–water partition coefficient (Wildman–Crippen LogP) is 4.80. The van der Waals surface area contributed by atoms with Gasteiger partial charge in [0.25, 0.3) is 0 Å². The third-order valence-electron chi connectivity index (χ3n) is 11.6. The first-order chi connectivity index (χ1) is 18.9. The largest absolute Gasteiger partial charge is 0.472 e. The molecule has 6 rings (SSSR count). The summed E-state index contributed by atoms with van der Waals surface area (Å²) in [5.74, 6) is -0.678. The average molecular weight is 557 g/mol. The van der Waals surface area contributed by atoms with Gasteiger partial charge in [-0.2, -0.15) is 0 Å². The van der Waals surface area contributed by atoms with Crippen molar-refractivity contribution in [1.29, 1.82) is 0 Å². The summed E-state index contributed by atoms with van der Waals surface area (Å²) in [7, 11) is 1.42. The molecule has 3 heterocycles. The number of carbonyl (C=O) groups excluding carboxylic acids is 2. The van der Waals surface area contributed by atoms with Gasteiger partial charge in [0.2, 0.25) is 0 Å². The molecule has 2 aliphatic heterocycles. The van der Waals surface area contributed by atoms with E-state index in [-0.39, 0.29) is 60.3 Å². The maximum Gasteiger partial charge on any atom is 0.306 e. The fraction of sp³-hybridized carbons (Fsp3) is 0.750. The van der Waals surface area contributed by atoms with Crippen molar-refractivity contribution in [2.75, 3.05) is 13.7 Å². The normalized spacial score (nSPS) is 45.3. The number of hydrogen-bond acceptors (Lipinski definition) is 8. The number of allylic oxidation sites excluding steroid dienone is 1. The first-order valence-corrected chi connectivity index (χ1v) is 14.8. The molecule has 1 aromatic heterocycles. The summed E-state index contributed by atoms with van der Waals surface area (Å²) in [5, 5.41) is 11.5. The number of carbonyl (C=O) groups is 2. The highest BCUT2D eigenvalue weighted by Gasteiger charge is 2.78. The Morgan fingerprint density at radius 1 is 1.18 bits per heavy atom. The zero-order chi connectivity index (χ0) is 28.8. The smallest absolute Gasteiger partial charge is 0.306 e. The molecular weight excluding hydrogens is 512 g/mol. The molecule has 5 aliphatic rings. The Morgan fingerprint density at radius 3 is 2.58 bits per heavy atom. The highest BCUT2D eigenvalue weighted by Crippen LogP contribution is 2.73. The fourth-order valence-corrected chi connectivity index (χ4v) is 9.86. The number of hydrogen-bond donors (Lipinski definition) is 1. The minimum Gasteiger partial charge on any atom is -0.472 e. The number of aliphatic hydroxyl groups excluding tert-OH is 1. The second kappa shape index (κ2) is 9.43. The molecular formula is C32H44O8. The van der Waals surface area contributed by atoms with E-state index >= 15 is 0 Å². The summed E-state index contributed by atoms with van der Waals surface area (Å²) in [6, 6.07) is 2.01. The van der Waals surface area contributed by atoms with Crippen molar-refractivity contribution in [3.05, 3.63) is 35.3 Å². The van der Waals surface area contributed by atoms with Gasteiger partial charge in [0.1, 0.15) is 6.10 Å². The third kappa shape index (κ3) is 3.67. The van der Waals surface area contributed by atoms with E-state index in [2.05, 4.69) is 27.7 Å². The van der Waals surface area contributed by atoms with E-state index in [1.54, 1.807) is 12.5 Å². The lowest BCUT2D eigenvalue weighted by Gasteiger charge is -2.65. The monoisotopic (exact) mass is 556 g/mol. The molecule has 0 bridgehead atoms. The van der Waals surface area contributed by atoms with E-state index < -0.39 is 28.5 Å². The quantitative estimate of drug-likeness (QED) is 0.394. The van der Waals surface area contributed by atoms with Crippen LogP contribution in [0, 0.1) is 34.0 Å². The van der Waals surface area contributed by atoms with Gasteiger partial charge in [0, 0.05) is 47.3 Å². The van der Waals surface area contributed by atoms with Crippen LogP contribution in [0.1, 0.15) is 78.7 Å². The number of ether oxygens (including phenoxy) is 4. The molecule has 8 heteroatoms. The zero-order valence-corrected chi connectivity index (χ0v) is 24.8. The molecule has 220 valence electrons. The Bertz CT molecular complexity index is 1200. The Hall–Kier alpha value is -2.16. The average Bonchev–Trinajstić information content (AvgIpc) is 3.65. The summed E-state index contributed by atoms with van der Waals surface area (Å²) < 4.78 is 30.6. The van der Waals surface area contributed by atoms with Crippen LogP contribution >= 0.6 is 0 Å². The molecule has 3 aliphatic carbocycles. The molecule has 2 saturated heterocycles. The number of furan rings is 1. The Morgan fingerprint density at radius 2 is 1.93 bits per heavy atom. The van der Waals surface area contributed by atoms with Crippen LogP contribution in [0.2, 0.25) is 0 Å².